The molecule has 88 valence electrons. The predicted molar refractivity (Wildman–Crippen MR) is 62.1 cm³/mol. The molecule has 2 unspecified atom stereocenters. The van der Waals surface area contributed by atoms with Crippen LogP contribution in [0.4, 0.5) is 4.39 Å². The Kier molecular flexibility index (Phi) is 3.19. The number of nitrogens with two attached hydrogens (primary N) is 1. The molecule has 1 saturated heterocycles. The van der Waals surface area contributed by atoms with E-state index in [-0.39, 0.29) is 11.9 Å². The Morgan fingerprint density at radius 3 is 3.00 bits per heavy atom. The van der Waals surface area contributed by atoms with E-state index in [4.69, 9.17) is 22.1 Å². The van der Waals surface area contributed by atoms with Crippen LogP contribution in [0.5, 0.6) is 0 Å². The maximum Gasteiger partial charge on any atom is 0.126 e. The molecule has 1 aromatic carbocycles. The van der Waals surface area contributed by atoms with Gasteiger partial charge in [0.1, 0.15) is 5.82 Å². The number of halogens is 2. The summed E-state index contributed by atoms with van der Waals surface area (Å²) < 4.78 is 19.0. The van der Waals surface area contributed by atoms with Gasteiger partial charge in [0.2, 0.25) is 0 Å². The Balaban J connectivity index is 2.23. The number of hydrogen-bond donors (Lipinski definition) is 1. The van der Waals surface area contributed by atoms with Gasteiger partial charge in [-0.05, 0) is 43.5 Å². The van der Waals surface area contributed by atoms with Gasteiger partial charge in [-0.15, -0.1) is 0 Å². The topological polar surface area (TPSA) is 35.2 Å². The molecule has 1 aromatic rings. The molecule has 0 amide bonds. The Morgan fingerprint density at radius 1 is 1.62 bits per heavy atom. The Bertz CT molecular complexity index is 399. The molecule has 16 heavy (non-hydrogen) atoms. The minimum absolute atomic E-state index is 0.0501. The van der Waals surface area contributed by atoms with E-state index in [0.29, 0.717) is 23.6 Å². The van der Waals surface area contributed by atoms with E-state index >= 15 is 0 Å². The minimum atomic E-state index is -0.481. The lowest BCUT2D eigenvalue weighted by molar-refractivity contribution is 0.0953. The van der Waals surface area contributed by atoms with E-state index in [1.807, 2.05) is 6.92 Å². The molecule has 2 N–H and O–H groups in total. The highest BCUT2D eigenvalue weighted by molar-refractivity contribution is 6.30. The van der Waals surface area contributed by atoms with Gasteiger partial charge in [0, 0.05) is 17.2 Å². The summed E-state index contributed by atoms with van der Waals surface area (Å²) in [7, 11) is 0. The summed E-state index contributed by atoms with van der Waals surface area (Å²) in [6, 6.07) is 4.55. The average Bonchev–Trinajstić information content (AvgIpc) is 2.53. The predicted octanol–water partition coefficient (Wildman–Crippen LogP) is 2.53. The summed E-state index contributed by atoms with van der Waals surface area (Å²) >= 11 is 5.85. The molecule has 1 aliphatic heterocycles. The Hall–Kier alpha value is -0.640. The highest BCUT2D eigenvalue weighted by atomic mass is 35.5. The summed E-state index contributed by atoms with van der Waals surface area (Å²) in [6.45, 7) is 2.56. The first kappa shape index (κ1) is 11.8. The van der Waals surface area contributed by atoms with E-state index < -0.39 is 5.54 Å². The normalized spacial score (nSPS) is 29.6. The lowest BCUT2D eigenvalue weighted by Gasteiger charge is -2.27. The van der Waals surface area contributed by atoms with Gasteiger partial charge in [-0.1, -0.05) is 11.6 Å². The fourth-order valence-corrected chi connectivity index (χ4v) is 2.26. The van der Waals surface area contributed by atoms with E-state index in [1.165, 1.54) is 12.1 Å². The van der Waals surface area contributed by atoms with Crippen LogP contribution in [0.3, 0.4) is 0 Å². The van der Waals surface area contributed by atoms with Crippen molar-refractivity contribution in [1.82, 2.24) is 0 Å². The molecular formula is C12H15ClFNO. The van der Waals surface area contributed by atoms with Crippen molar-refractivity contribution in [2.45, 2.75) is 31.4 Å². The highest BCUT2D eigenvalue weighted by Crippen LogP contribution is 2.28. The fraction of sp³-hybridized carbons (Fsp3) is 0.500. The van der Waals surface area contributed by atoms with Crippen molar-refractivity contribution in [3.05, 3.63) is 34.6 Å². The second kappa shape index (κ2) is 4.32. The quantitative estimate of drug-likeness (QED) is 0.866. The summed E-state index contributed by atoms with van der Waals surface area (Å²) in [5.41, 5.74) is 6.30. The molecule has 2 rings (SSSR count). The van der Waals surface area contributed by atoms with Crippen LogP contribution in [0.25, 0.3) is 0 Å². The molecule has 2 atom stereocenters. The highest BCUT2D eigenvalue weighted by Gasteiger charge is 2.38. The van der Waals surface area contributed by atoms with Crippen LogP contribution in [0.15, 0.2) is 18.2 Å². The average molecular weight is 244 g/mol. The van der Waals surface area contributed by atoms with Crippen LogP contribution in [0, 0.1) is 5.82 Å². The molecule has 1 fully saturated rings. The zero-order valence-electron chi connectivity index (χ0n) is 9.17. The third-order valence-electron chi connectivity index (χ3n) is 3.27. The molecule has 4 heteroatoms. The summed E-state index contributed by atoms with van der Waals surface area (Å²) in [6.07, 6.45) is 1.16. The van der Waals surface area contributed by atoms with Gasteiger partial charge in [-0.2, -0.15) is 0 Å². The van der Waals surface area contributed by atoms with Crippen molar-refractivity contribution >= 4 is 11.6 Å². The van der Waals surface area contributed by atoms with Crippen LogP contribution in [0.1, 0.15) is 18.9 Å². The molecule has 0 aromatic heterocycles. The smallest absolute Gasteiger partial charge is 0.126 e. The van der Waals surface area contributed by atoms with E-state index in [9.17, 15) is 4.39 Å². The van der Waals surface area contributed by atoms with Gasteiger partial charge in [0.05, 0.1) is 6.10 Å². The van der Waals surface area contributed by atoms with E-state index in [0.717, 1.165) is 6.42 Å². The standard InChI is InChI=1S/C12H15ClFNO/c1-8-12(15,4-5-16-8)7-9-6-10(13)2-3-11(9)14/h2-3,6,8H,4-5,7,15H2,1H3. The lowest BCUT2D eigenvalue weighted by Crippen LogP contribution is -2.48. The third kappa shape index (κ3) is 2.21. The zero-order chi connectivity index (χ0) is 11.8. The summed E-state index contributed by atoms with van der Waals surface area (Å²) in [5.74, 6) is -0.256. The van der Waals surface area contributed by atoms with E-state index in [1.54, 1.807) is 6.07 Å². The SMILES string of the molecule is CC1OCCC1(N)Cc1cc(Cl)ccc1F. The van der Waals surface area contributed by atoms with Gasteiger partial charge in [-0.3, -0.25) is 0 Å². The van der Waals surface area contributed by atoms with Crippen molar-refractivity contribution in [1.29, 1.82) is 0 Å². The first-order chi connectivity index (χ1) is 7.51. The number of hydrogen-bond acceptors (Lipinski definition) is 2. The molecule has 0 radical (unpaired) electrons. The van der Waals surface area contributed by atoms with Gasteiger partial charge in [0.15, 0.2) is 0 Å². The largest absolute Gasteiger partial charge is 0.377 e. The van der Waals surface area contributed by atoms with Crippen molar-refractivity contribution in [2.24, 2.45) is 5.73 Å². The maximum atomic E-state index is 13.6. The van der Waals surface area contributed by atoms with Gasteiger partial charge < -0.3 is 10.5 Å². The van der Waals surface area contributed by atoms with Gasteiger partial charge in [-0.25, -0.2) is 4.39 Å². The summed E-state index contributed by atoms with van der Waals surface area (Å²) in [5, 5.41) is 0.534. The van der Waals surface area contributed by atoms with Crippen LogP contribution in [-0.2, 0) is 11.2 Å². The molecular weight excluding hydrogens is 229 g/mol. The first-order valence-corrected chi connectivity index (χ1v) is 5.73. The van der Waals surface area contributed by atoms with Gasteiger partial charge >= 0.3 is 0 Å². The van der Waals surface area contributed by atoms with Crippen molar-refractivity contribution in [3.8, 4) is 0 Å². The number of ether oxygens (including phenoxy) is 1. The zero-order valence-corrected chi connectivity index (χ0v) is 9.93. The lowest BCUT2D eigenvalue weighted by atomic mass is 9.86. The Morgan fingerprint density at radius 2 is 2.38 bits per heavy atom. The molecule has 1 aliphatic rings. The fourth-order valence-electron chi connectivity index (χ4n) is 2.06. The van der Waals surface area contributed by atoms with Gasteiger partial charge in [0.25, 0.3) is 0 Å². The minimum Gasteiger partial charge on any atom is -0.377 e. The van der Waals surface area contributed by atoms with Crippen LogP contribution in [-0.4, -0.2) is 18.2 Å². The molecule has 2 nitrogen and oxygen atoms in total. The molecule has 0 saturated carbocycles. The maximum absolute atomic E-state index is 13.6. The summed E-state index contributed by atoms with van der Waals surface area (Å²) in [4.78, 5) is 0. The second-order valence-electron chi connectivity index (χ2n) is 4.41. The molecule has 0 spiro atoms. The third-order valence-corrected chi connectivity index (χ3v) is 3.51. The van der Waals surface area contributed by atoms with Crippen molar-refractivity contribution < 1.29 is 9.13 Å². The Labute approximate surface area is 99.5 Å². The number of benzene rings is 1. The van der Waals surface area contributed by atoms with Crippen LogP contribution in [0.2, 0.25) is 5.02 Å². The molecule has 0 bridgehead atoms. The second-order valence-corrected chi connectivity index (χ2v) is 4.85. The first-order valence-electron chi connectivity index (χ1n) is 5.36. The van der Waals surface area contributed by atoms with Crippen molar-refractivity contribution in [3.63, 3.8) is 0 Å². The van der Waals surface area contributed by atoms with Crippen LogP contribution >= 0.6 is 11.6 Å². The molecule has 1 heterocycles. The molecule has 0 aliphatic carbocycles. The van der Waals surface area contributed by atoms with E-state index in [2.05, 4.69) is 0 Å². The van der Waals surface area contributed by atoms with Crippen LogP contribution < -0.4 is 5.73 Å². The number of rotatable bonds is 2. The van der Waals surface area contributed by atoms with Crippen molar-refractivity contribution in [2.75, 3.05) is 6.61 Å². The monoisotopic (exact) mass is 243 g/mol.